The monoisotopic (exact) mass is 430 g/mol. The molecule has 2 aliphatic rings. The maximum absolute atomic E-state index is 12.1. The summed E-state index contributed by atoms with van der Waals surface area (Å²) in [5.74, 6) is 0.584. The molecule has 4 aromatic rings. The van der Waals surface area contributed by atoms with Crippen molar-refractivity contribution >= 4 is 22.6 Å². The van der Waals surface area contributed by atoms with Crippen LogP contribution in [0.3, 0.4) is 0 Å². The fourth-order valence-corrected chi connectivity index (χ4v) is 4.48. The molecule has 0 bridgehead atoms. The lowest BCUT2D eigenvalue weighted by Gasteiger charge is -2.26. The smallest absolute Gasteiger partial charge is 0.253 e. The van der Waals surface area contributed by atoms with Gasteiger partial charge in [0.25, 0.3) is 5.91 Å². The Kier molecular flexibility index (Phi) is 4.27. The second-order valence-electron chi connectivity index (χ2n) is 8.14. The highest BCUT2D eigenvalue weighted by molar-refractivity contribution is 5.95. The van der Waals surface area contributed by atoms with E-state index < -0.39 is 0 Å². The number of aryl methyl sites for hydroxylation is 1. The molecule has 1 amide bonds. The van der Waals surface area contributed by atoms with Crippen LogP contribution in [0.5, 0.6) is 5.75 Å². The molecule has 32 heavy (non-hydrogen) atoms. The Hall–Kier alpha value is -3.69. The number of rotatable bonds is 3. The number of fused-ring (bicyclic) bond motifs is 2. The minimum atomic E-state index is -0.0568. The van der Waals surface area contributed by atoms with Crippen molar-refractivity contribution in [1.29, 1.82) is 0 Å². The van der Waals surface area contributed by atoms with Crippen LogP contribution >= 0.6 is 0 Å². The molecule has 0 saturated carbocycles. The molecule has 9 heteroatoms. The molecule has 0 unspecified atom stereocenters. The minimum Gasteiger partial charge on any atom is -0.504 e. The molecule has 0 radical (unpaired) electrons. The summed E-state index contributed by atoms with van der Waals surface area (Å²) >= 11 is 0. The fraction of sp³-hybridized carbons (Fsp3) is 0.261. The molecule has 1 saturated heterocycles. The second-order valence-corrected chi connectivity index (χ2v) is 8.14. The summed E-state index contributed by atoms with van der Waals surface area (Å²) in [6.07, 6.45) is 0. The van der Waals surface area contributed by atoms with E-state index in [0.717, 1.165) is 35.4 Å². The summed E-state index contributed by atoms with van der Waals surface area (Å²) in [5.41, 5.74) is 6.88. The van der Waals surface area contributed by atoms with Gasteiger partial charge in [-0.1, -0.05) is 12.1 Å². The average molecular weight is 430 g/mol. The van der Waals surface area contributed by atoms with Gasteiger partial charge >= 0.3 is 0 Å². The third-order valence-electron chi connectivity index (χ3n) is 6.12. The Labute approximate surface area is 183 Å². The molecule has 162 valence electrons. The number of carbonyl (C=O) groups is 1. The van der Waals surface area contributed by atoms with E-state index in [9.17, 15) is 9.90 Å². The summed E-state index contributed by atoms with van der Waals surface area (Å²) in [6.45, 7) is 2.86. The Morgan fingerprint density at radius 2 is 1.91 bits per heavy atom. The molecule has 2 aromatic heterocycles. The largest absolute Gasteiger partial charge is 0.504 e. The zero-order valence-corrected chi connectivity index (χ0v) is 17.6. The van der Waals surface area contributed by atoms with Crippen LogP contribution in [0.4, 0.5) is 5.69 Å². The number of imidazole rings is 1. The van der Waals surface area contributed by atoms with E-state index in [0.29, 0.717) is 30.4 Å². The number of aromatic nitrogens is 4. The molecular weight excluding hydrogens is 408 g/mol. The summed E-state index contributed by atoms with van der Waals surface area (Å²) in [5, 5.41) is 18.9. The first-order valence-electron chi connectivity index (χ1n) is 10.6. The normalized spacial score (nSPS) is 16.2. The van der Waals surface area contributed by atoms with E-state index in [1.54, 1.807) is 16.6 Å². The quantitative estimate of drug-likeness (QED) is 0.460. The number of hydrogen-bond acceptors (Lipinski definition) is 6. The highest BCUT2D eigenvalue weighted by atomic mass is 16.5. The van der Waals surface area contributed by atoms with Crippen LogP contribution in [0.25, 0.3) is 33.8 Å². The molecule has 0 spiro atoms. The number of hydrogen-bond donors (Lipinski definition) is 3. The molecule has 4 heterocycles. The lowest BCUT2D eigenvalue weighted by molar-refractivity contribution is -0.125. The average Bonchev–Trinajstić information content (AvgIpc) is 3.49. The van der Waals surface area contributed by atoms with Crippen molar-refractivity contribution in [3.8, 4) is 28.5 Å². The van der Waals surface area contributed by atoms with Gasteiger partial charge in [-0.15, -0.1) is 0 Å². The Bertz CT molecular complexity index is 1310. The topological polar surface area (TPSA) is 108 Å². The van der Waals surface area contributed by atoms with Crippen molar-refractivity contribution < 1.29 is 14.6 Å². The van der Waals surface area contributed by atoms with Gasteiger partial charge in [0, 0.05) is 37.9 Å². The van der Waals surface area contributed by atoms with Crippen molar-refractivity contribution in [2.75, 3.05) is 24.7 Å². The van der Waals surface area contributed by atoms with Crippen LogP contribution < -0.4 is 10.2 Å². The van der Waals surface area contributed by atoms with Crippen molar-refractivity contribution in [2.45, 2.75) is 13.1 Å². The highest BCUT2D eigenvalue weighted by Crippen LogP contribution is 2.38. The number of H-pyrrole nitrogens is 1. The van der Waals surface area contributed by atoms with E-state index >= 15 is 0 Å². The van der Waals surface area contributed by atoms with Crippen LogP contribution in [0.1, 0.15) is 11.1 Å². The predicted octanol–water partition coefficient (Wildman–Crippen LogP) is 2.30. The van der Waals surface area contributed by atoms with Crippen LogP contribution in [0.2, 0.25) is 0 Å². The first-order valence-corrected chi connectivity index (χ1v) is 10.6. The molecule has 3 N–H and O–H groups in total. The van der Waals surface area contributed by atoms with Crippen molar-refractivity contribution in [3.05, 3.63) is 47.5 Å². The third-order valence-corrected chi connectivity index (χ3v) is 6.12. The number of anilines is 1. The van der Waals surface area contributed by atoms with Gasteiger partial charge in [-0.3, -0.25) is 9.48 Å². The van der Waals surface area contributed by atoms with Gasteiger partial charge in [0.05, 0.1) is 17.6 Å². The summed E-state index contributed by atoms with van der Waals surface area (Å²) in [6, 6.07) is 11.7. The van der Waals surface area contributed by atoms with Crippen LogP contribution in [0.15, 0.2) is 36.4 Å². The molecule has 1 fully saturated rings. The number of nitrogens with zero attached hydrogens (tertiary/aromatic N) is 4. The lowest BCUT2D eigenvalue weighted by atomic mass is 10.1. The number of amides is 1. The van der Waals surface area contributed by atoms with Gasteiger partial charge in [0.15, 0.2) is 11.6 Å². The highest BCUT2D eigenvalue weighted by Gasteiger charge is 2.23. The van der Waals surface area contributed by atoms with E-state index in [1.807, 2.05) is 24.3 Å². The van der Waals surface area contributed by atoms with E-state index in [2.05, 4.69) is 27.5 Å². The summed E-state index contributed by atoms with van der Waals surface area (Å²) in [7, 11) is 1.79. The Balaban J connectivity index is 1.35. The van der Waals surface area contributed by atoms with Crippen molar-refractivity contribution in [2.24, 2.45) is 7.05 Å². The van der Waals surface area contributed by atoms with Crippen LogP contribution in [-0.2, 0) is 29.7 Å². The number of aromatic hydroxyl groups is 1. The second kappa shape index (κ2) is 7.18. The number of benzene rings is 2. The third kappa shape index (κ3) is 2.97. The van der Waals surface area contributed by atoms with Gasteiger partial charge in [0.2, 0.25) is 0 Å². The fourth-order valence-electron chi connectivity index (χ4n) is 4.48. The van der Waals surface area contributed by atoms with Crippen LogP contribution in [-0.4, -0.2) is 50.5 Å². The maximum atomic E-state index is 12.1. The Morgan fingerprint density at radius 1 is 1.12 bits per heavy atom. The Morgan fingerprint density at radius 3 is 2.69 bits per heavy atom. The van der Waals surface area contributed by atoms with Crippen LogP contribution in [0, 0.1) is 0 Å². The van der Waals surface area contributed by atoms with Gasteiger partial charge in [-0.25, -0.2) is 4.98 Å². The van der Waals surface area contributed by atoms with E-state index in [-0.39, 0.29) is 18.3 Å². The molecule has 2 aliphatic heterocycles. The molecule has 0 aliphatic carbocycles. The summed E-state index contributed by atoms with van der Waals surface area (Å²) < 4.78 is 6.83. The number of carbonyl (C=O) groups excluding carboxylic acids is 1. The van der Waals surface area contributed by atoms with Gasteiger partial charge in [-0.2, -0.15) is 5.10 Å². The van der Waals surface area contributed by atoms with Gasteiger partial charge in [0.1, 0.15) is 18.0 Å². The first kappa shape index (κ1) is 19.0. The first-order chi connectivity index (χ1) is 15.6. The number of nitrogens with one attached hydrogen (secondary N) is 2. The number of morpholine rings is 1. The standard InChI is InChI=1S/C23H22N6O3/c1-28-21(23-25-17-8-14-10-24-11-15(14)9-18(17)26-23)22(31)20(27-28)13-2-4-16(5-3-13)29-6-7-32-12-19(29)30/h2-5,8-9,24,31H,6-7,10-12H2,1H3,(H,25,26). The van der Waals surface area contributed by atoms with E-state index in [4.69, 9.17) is 9.72 Å². The SMILES string of the molecule is Cn1nc(-c2ccc(N3CCOCC3=O)cc2)c(O)c1-c1nc2cc3c(cc2[nH]1)CNC3. The molecule has 6 rings (SSSR count). The van der Waals surface area contributed by atoms with E-state index in [1.165, 1.54) is 11.1 Å². The maximum Gasteiger partial charge on any atom is 0.253 e. The van der Waals surface area contributed by atoms with Gasteiger partial charge < -0.3 is 25.0 Å². The molecular formula is C23H22N6O3. The molecule has 9 nitrogen and oxygen atoms in total. The zero-order chi connectivity index (χ0) is 21.8. The predicted molar refractivity (Wildman–Crippen MR) is 119 cm³/mol. The lowest BCUT2D eigenvalue weighted by Crippen LogP contribution is -2.41. The number of ether oxygens (including phenoxy) is 1. The van der Waals surface area contributed by atoms with Gasteiger partial charge in [-0.05, 0) is 35.4 Å². The van der Waals surface area contributed by atoms with Crippen molar-refractivity contribution in [1.82, 2.24) is 25.1 Å². The molecule has 0 atom stereocenters. The minimum absolute atomic E-state index is 0.0568. The molecule has 2 aromatic carbocycles. The summed E-state index contributed by atoms with van der Waals surface area (Å²) in [4.78, 5) is 21.8. The zero-order valence-electron chi connectivity index (χ0n) is 17.6. The number of aromatic amines is 1. The van der Waals surface area contributed by atoms with Crippen molar-refractivity contribution in [3.63, 3.8) is 0 Å².